The number of rotatable bonds is 7. The quantitative estimate of drug-likeness (QED) is 0.697. The van der Waals surface area contributed by atoms with Crippen LogP contribution < -0.4 is 10.6 Å². The summed E-state index contributed by atoms with van der Waals surface area (Å²) in [7, 11) is 0. The zero-order valence-electron chi connectivity index (χ0n) is 16.4. The third-order valence-corrected chi connectivity index (χ3v) is 5.72. The number of amides is 2. The lowest BCUT2D eigenvalue weighted by Crippen LogP contribution is -2.36. The summed E-state index contributed by atoms with van der Waals surface area (Å²) in [6.45, 7) is 8.14. The summed E-state index contributed by atoms with van der Waals surface area (Å²) in [5.41, 5.74) is 1.80. The van der Waals surface area contributed by atoms with Gasteiger partial charge >= 0.3 is 0 Å². The Labute approximate surface area is 169 Å². The summed E-state index contributed by atoms with van der Waals surface area (Å²) >= 11 is 1.00. The molecule has 2 heterocycles. The van der Waals surface area contributed by atoms with Crippen molar-refractivity contribution in [2.24, 2.45) is 5.92 Å². The Morgan fingerprint density at radius 3 is 2.61 bits per heavy atom. The van der Waals surface area contributed by atoms with E-state index in [1.54, 1.807) is 0 Å². The molecule has 150 valence electrons. The fourth-order valence-corrected chi connectivity index (χ4v) is 3.95. The predicted molar refractivity (Wildman–Crippen MR) is 111 cm³/mol. The van der Waals surface area contributed by atoms with Gasteiger partial charge in [-0.15, -0.1) is 10.2 Å². The third-order valence-electron chi connectivity index (χ3n) is 4.80. The van der Waals surface area contributed by atoms with Crippen LogP contribution in [0, 0.1) is 12.8 Å². The van der Waals surface area contributed by atoms with Crippen LogP contribution >= 0.6 is 11.3 Å². The number of nitrogens with one attached hydrogen (secondary N) is 2. The number of carbonyl (C=O) groups is 2. The summed E-state index contributed by atoms with van der Waals surface area (Å²) in [5.74, 6) is 0.118. The molecule has 2 aromatic rings. The van der Waals surface area contributed by atoms with Crippen molar-refractivity contribution in [3.05, 3.63) is 39.8 Å². The van der Waals surface area contributed by atoms with E-state index in [0.29, 0.717) is 12.2 Å². The summed E-state index contributed by atoms with van der Waals surface area (Å²) < 4.78 is 0. The van der Waals surface area contributed by atoms with Gasteiger partial charge in [-0.25, -0.2) is 0 Å². The van der Waals surface area contributed by atoms with E-state index in [2.05, 4.69) is 32.7 Å². The van der Waals surface area contributed by atoms with Crippen LogP contribution in [0.4, 0.5) is 5.69 Å². The van der Waals surface area contributed by atoms with Crippen LogP contribution in [0.2, 0.25) is 0 Å². The predicted octanol–water partition coefficient (Wildman–Crippen LogP) is 2.95. The fourth-order valence-electron chi connectivity index (χ4n) is 3.30. The maximum atomic E-state index is 12.3. The second-order valence-electron chi connectivity index (χ2n) is 7.39. The molecule has 1 aliphatic heterocycles. The average Bonchev–Trinajstić information content (AvgIpc) is 3.17. The molecule has 1 fully saturated rings. The standard InChI is InChI=1S/C20H27N5O2S/c1-14-6-8-16(9-7-14)22-18(27)20-24-23-19(28-20)17(26)21-10-4-12-25-11-3-5-15(2)13-25/h6-9,15H,3-5,10-13H2,1-2H3,(H,21,26)(H,22,27)/t15-/m1/s1. The minimum Gasteiger partial charge on any atom is -0.350 e. The Morgan fingerprint density at radius 2 is 1.89 bits per heavy atom. The maximum absolute atomic E-state index is 12.3. The highest BCUT2D eigenvalue weighted by Gasteiger charge is 2.18. The van der Waals surface area contributed by atoms with Crippen LogP contribution in [0.5, 0.6) is 0 Å². The third kappa shape index (κ3) is 5.84. The molecule has 0 aliphatic carbocycles. The van der Waals surface area contributed by atoms with Crippen molar-refractivity contribution < 1.29 is 9.59 Å². The van der Waals surface area contributed by atoms with Crippen LogP contribution in [-0.2, 0) is 0 Å². The van der Waals surface area contributed by atoms with Gasteiger partial charge < -0.3 is 15.5 Å². The number of benzene rings is 1. The molecule has 28 heavy (non-hydrogen) atoms. The molecular weight excluding hydrogens is 374 g/mol. The van der Waals surface area contributed by atoms with Gasteiger partial charge in [-0.05, 0) is 57.3 Å². The molecule has 0 bridgehead atoms. The molecule has 0 unspecified atom stereocenters. The van der Waals surface area contributed by atoms with Crippen molar-refractivity contribution in [3.63, 3.8) is 0 Å². The molecule has 0 saturated carbocycles. The topological polar surface area (TPSA) is 87.2 Å². The minimum absolute atomic E-state index is 0.174. The van der Waals surface area contributed by atoms with E-state index in [4.69, 9.17) is 0 Å². The lowest BCUT2D eigenvalue weighted by molar-refractivity contribution is 0.0947. The Bertz CT molecular complexity index is 805. The first-order chi connectivity index (χ1) is 13.5. The van der Waals surface area contributed by atoms with Crippen molar-refractivity contribution in [3.8, 4) is 0 Å². The van der Waals surface area contributed by atoms with E-state index < -0.39 is 0 Å². The largest absolute Gasteiger partial charge is 0.350 e. The number of piperidine rings is 1. The van der Waals surface area contributed by atoms with Gasteiger partial charge in [-0.2, -0.15) is 0 Å². The number of hydrogen-bond donors (Lipinski definition) is 2. The first-order valence-corrected chi connectivity index (χ1v) is 10.5. The van der Waals surface area contributed by atoms with E-state index >= 15 is 0 Å². The van der Waals surface area contributed by atoms with Crippen LogP contribution in [0.25, 0.3) is 0 Å². The molecule has 3 rings (SSSR count). The van der Waals surface area contributed by atoms with Crippen molar-refractivity contribution in [2.45, 2.75) is 33.1 Å². The van der Waals surface area contributed by atoms with Crippen LogP contribution in [0.15, 0.2) is 24.3 Å². The molecule has 1 aliphatic rings. The molecule has 8 heteroatoms. The van der Waals surface area contributed by atoms with Gasteiger partial charge in [0.05, 0.1) is 0 Å². The van der Waals surface area contributed by atoms with Gasteiger partial charge in [0, 0.05) is 18.8 Å². The molecule has 0 spiro atoms. The first-order valence-electron chi connectivity index (χ1n) is 9.73. The lowest BCUT2D eigenvalue weighted by Gasteiger charge is -2.30. The molecule has 1 aromatic carbocycles. The monoisotopic (exact) mass is 401 g/mol. The van der Waals surface area contributed by atoms with Gasteiger partial charge in [-0.1, -0.05) is 36.0 Å². The summed E-state index contributed by atoms with van der Waals surface area (Å²) in [5, 5.41) is 13.7. The number of nitrogens with zero attached hydrogens (tertiary/aromatic N) is 3. The Hall–Kier alpha value is -2.32. The summed E-state index contributed by atoms with van der Waals surface area (Å²) in [6.07, 6.45) is 3.47. The normalized spacial score (nSPS) is 17.3. The van der Waals surface area contributed by atoms with Gasteiger partial charge in [-0.3, -0.25) is 9.59 Å². The second-order valence-corrected chi connectivity index (χ2v) is 8.37. The number of anilines is 1. The minimum atomic E-state index is -0.361. The van der Waals surface area contributed by atoms with E-state index in [0.717, 1.165) is 48.9 Å². The van der Waals surface area contributed by atoms with Crippen molar-refractivity contribution >= 4 is 28.8 Å². The zero-order chi connectivity index (χ0) is 19.9. The summed E-state index contributed by atoms with van der Waals surface area (Å²) in [6, 6.07) is 7.48. The highest BCUT2D eigenvalue weighted by molar-refractivity contribution is 7.15. The Kier molecular flexibility index (Phi) is 7.11. The van der Waals surface area contributed by atoms with Gasteiger partial charge in [0.2, 0.25) is 10.0 Å². The number of aromatic nitrogens is 2. The van der Waals surface area contributed by atoms with E-state index in [-0.39, 0.29) is 21.8 Å². The molecule has 2 N–H and O–H groups in total. The van der Waals surface area contributed by atoms with Gasteiger partial charge in [0.1, 0.15) is 0 Å². The van der Waals surface area contributed by atoms with Gasteiger partial charge in [0.15, 0.2) is 0 Å². The van der Waals surface area contributed by atoms with Crippen LogP contribution in [0.1, 0.15) is 51.4 Å². The van der Waals surface area contributed by atoms with Crippen LogP contribution in [-0.4, -0.2) is 53.1 Å². The number of hydrogen-bond acceptors (Lipinski definition) is 6. The van der Waals surface area contributed by atoms with E-state index in [1.807, 2.05) is 31.2 Å². The average molecular weight is 402 g/mol. The first kappa shape index (κ1) is 20.4. The highest BCUT2D eigenvalue weighted by atomic mass is 32.1. The Morgan fingerprint density at radius 1 is 1.18 bits per heavy atom. The van der Waals surface area contributed by atoms with E-state index in [9.17, 15) is 9.59 Å². The number of aryl methyl sites for hydroxylation is 1. The fraction of sp³-hybridized carbons (Fsp3) is 0.500. The van der Waals surface area contributed by atoms with Crippen LogP contribution in [0.3, 0.4) is 0 Å². The highest BCUT2D eigenvalue weighted by Crippen LogP contribution is 2.16. The van der Waals surface area contributed by atoms with Crippen molar-refractivity contribution in [1.29, 1.82) is 0 Å². The zero-order valence-corrected chi connectivity index (χ0v) is 17.2. The molecule has 7 nitrogen and oxygen atoms in total. The maximum Gasteiger partial charge on any atom is 0.286 e. The van der Waals surface area contributed by atoms with E-state index in [1.165, 1.54) is 12.8 Å². The smallest absolute Gasteiger partial charge is 0.286 e. The van der Waals surface area contributed by atoms with Crippen molar-refractivity contribution in [2.75, 3.05) is 31.5 Å². The Balaban J connectivity index is 1.43. The molecule has 2 amide bonds. The second kappa shape index (κ2) is 9.75. The molecule has 0 radical (unpaired) electrons. The molecule has 1 saturated heterocycles. The molecule has 1 atom stereocenters. The molecular formula is C20H27N5O2S. The molecule has 1 aromatic heterocycles. The van der Waals surface area contributed by atoms with Gasteiger partial charge in [0.25, 0.3) is 11.8 Å². The van der Waals surface area contributed by atoms with Crippen molar-refractivity contribution in [1.82, 2.24) is 20.4 Å². The summed E-state index contributed by atoms with van der Waals surface area (Å²) in [4.78, 5) is 26.9. The number of carbonyl (C=O) groups excluding carboxylic acids is 2. The SMILES string of the molecule is Cc1ccc(NC(=O)c2nnc(C(=O)NCCCN3CCC[C@@H](C)C3)s2)cc1. The lowest BCUT2D eigenvalue weighted by atomic mass is 10.0. The number of likely N-dealkylation sites (tertiary alicyclic amines) is 1.